The van der Waals surface area contributed by atoms with Crippen molar-refractivity contribution in [3.05, 3.63) is 58.6 Å². The van der Waals surface area contributed by atoms with Crippen LogP contribution in [0.25, 0.3) is 11.1 Å². The molecule has 2 rings (SSSR count). The molecule has 0 aliphatic rings. The molecule has 0 aliphatic carbocycles. The Morgan fingerprint density at radius 3 is 2.62 bits per heavy atom. The standard InChI is InChI=1S/C14H13ClO/c1-10-5-6-11(9-16)7-14(10)12-3-2-4-13(15)8-12/h2-8,16H,9H2,1H3. The molecule has 0 spiro atoms. The van der Waals surface area contributed by atoms with Gasteiger partial charge in [0.25, 0.3) is 0 Å². The maximum Gasteiger partial charge on any atom is 0.0682 e. The van der Waals surface area contributed by atoms with Crippen LogP contribution in [0.1, 0.15) is 11.1 Å². The van der Waals surface area contributed by atoms with Gasteiger partial charge in [-0.15, -0.1) is 0 Å². The Balaban J connectivity index is 2.54. The average molecular weight is 233 g/mol. The van der Waals surface area contributed by atoms with Crippen LogP contribution in [0.15, 0.2) is 42.5 Å². The number of aliphatic hydroxyl groups excluding tert-OH is 1. The number of aryl methyl sites for hydroxylation is 1. The van der Waals surface area contributed by atoms with E-state index >= 15 is 0 Å². The third-order valence-corrected chi connectivity index (χ3v) is 2.86. The first-order valence-electron chi connectivity index (χ1n) is 5.17. The minimum atomic E-state index is 0.0633. The first kappa shape index (κ1) is 11.2. The summed E-state index contributed by atoms with van der Waals surface area (Å²) in [6.45, 7) is 2.12. The summed E-state index contributed by atoms with van der Waals surface area (Å²) in [7, 11) is 0. The number of aliphatic hydroxyl groups is 1. The smallest absolute Gasteiger partial charge is 0.0682 e. The largest absolute Gasteiger partial charge is 0.392 e. The number of rotatable bonds is 2. The third-order valence-electron chi connectivity index (χ3n) is 2.62. The van der Waals surface area contributed by atoms with Gasteiger partial charge in [0.2, 0.25) is 0 Å². The van der Waals surface area contributed by atoms with Gasteiger partial charge in [0, 0.05) is 5.02 Å². The molecular formula is C14H13ClO. The van der Waals surface area contributed by atoms with E-state index in [9.17, 15) is 0 Å². The SMILES string of the molecule is Cc1ccc(CO)cc1-c1cccc(Cl)c1. The predicted molar refractivity (Wildman–Crippen MR) is 67.5 cm³/mol. The second-order valence-corrected chi connectivity index (χ2v) is 4.25. The molecule has 0 amide bonds. The minimum Gasteiger partial charge on any atom is -0.392 e. The Labute approximate surface area is 100 Å². The van der Waals surface area contributed by atoms with Crippen LogP contribution in [0.3, 0.4) is 0 Å². The molecule has 0 fully saturated rings. The summed E-state index contributed by atoms with van der Waals surface area (Å²) < 4.78 is 0. The van der Waals surface area contributed by atoms with Crippen LogP contribution in [-0.4, -0.2) is 5.11 Å². The third kappa shape index (κ3) is 2.26. The van der Waals surface area contributed by atoms with Gasteiger partial charge in [0.05, 0.1) is 6.61 Å². The molecule has 1 N–H and O–H groups in total. The van der Waals surface area contributed by atoms with Crippen LogP contribution in [0.4, 0.5) is 0 Å². The van der Waals surface area contributed by atoms with Gasteiger partial charge in [-0.05, 0) is 47.4 Å². The highest BCUT2D eigenvalue weighted by atomic mass is 35.5. The summed E-state index contributed by atoms with van der Waals surface area (Å²) in [5, 5.41) is 9.86. The van der Waals surface area contributed by atoms with E-state index < -0.39 is 0 Å². The number of hydrogen-bond acceptors (Lipinski definition) is 1. The zero-order chi connectivity index (χ0) is 11.5. The molecule has 1 nitrogen and oxygen atoms in total. The van der Waals surface area contributed by atoms with E-state index in [2.05, 4.69) is 6.92 Å². The van der Waals surface area contributed by atoms with Gasteiger partial charge < -0.3 is 5.11 Å². The van der Waals surface area contributed by atoms with Crippen molar-refractivity contribution in [2.45, 2.75) is 13.5 Å². The van der Waals surface area contributed by atoms with Crippen LogP contribution in [0, 0.1) is 6.92 Å². The Hall–Kier alpha value is -1.31. The van der Waals surface area contributed by atoms with Crippen LogP contribution < -0.4 is 0 Å². The lowest BCUT2D eigenvalue weighted by Crippen LogP contribution is -1.88. The van der Waals surface area contributed by atoms with E-state index in [0.29, 0.717) is 0 Å². The predicted octanol–water partition coefficient (Wildman–Crippen LogP) is 3.81. The second kappa shape index (κ2) is 4.69. The zero-order valence-electron chi connectivity index (χ0n) is 9.07. The molecule has 0 heterocycles. The molecule has 82 valence electrons. The lowest BCUT2D eigenvalue weighted by atomic mass is 9.98. The van der Waals surface area contributed by atoms with E-state index in [1.807, 2.05) is 42.5 Å². The molecular weight excluding hydrogens is 220 g/mol. The highest BCUT2D eigenvalue weighted by Gasteiger charge is 2.03. The van der Waals surface area contributed by atoms with Crippen molar-refractivity contribution in [1.82, 2.24) is 0 Å². The van der Waals surface area contributed by atoms with Crippen molar-refractivity contribution < 1.29 is 5.11 Å². The molecule has 0 radical (unpaired) electrons. The Bertz CT molecular complexity index is 506. The molecule has 0 bridgehead atoms. The van der Waals surface area contributed by atoms with E-state index in [0.717, 1.165) is 21.7 Å². The van der Waals surface area contributed by atoms with Crippen LogP contribution in [0.2, 0.25) is 5.02 Å². The van der Waals surface area contributed by atoms with E-state index in [1.165, 1.54) is 5.56 Å². The monoisotopic (exact) mass is 232 g/mol. The highest BCUT2D eigenvalue weighted by Crippen LogP contribution is 2.26. The fourth-order valence-electron chi connectivity index (χ4n) is 1.73. The minimum absolute atomic E-state index is 0.0633. The molecule has 2 aromatic rings. The first-order valence-corrected chi connectivity index (χ1v) is 5.55. The van der Waals surface area contributed by atoms with Gasteiger partial charge in [-0.1, -0.05) is 35.9 Å². The van der Waals surface area contributed by atoms with Crippen molar-refractivity contribution >= 4 is 11.6 Å². The highest BCUT2D eigenvalue weighted by molar-refractivity contribution is 6.30. The van der Waals surface area contributed by atoms with E-state index in [1.54, 1.807) is 0 Å². The molecule has 2 heteroatoms. The zero-order valence-corrected chi connectivity index (χ0v) is 9.83. The fraction of sp³-hybridized carbons (Fsp3) is 0.143. The average Bonchev–Trinajstić information content (AvgIpc) is 2.30. The molecule has 0 unspecified atom stereocenters. The topological polar surface area (TPSA) is 20.2 Å². The van der Waals surface area contributed by atoms with Crippen molar-refractivity contribution in [2.24, 2.45) is 0 Å². The van der Waals surface area contributed by atoms with Crippen molar-refractivity contribution in [1.29, 1.82) is 0 Å². The van der Waals surface area contributed by atoms with Gasteiger partial charge in [0.1, 0.15) is 0 Å². The molecule has 2 aromatic carbocycles. The first-order chi connectivity index (χ1) is 7.70. The normalized spacial score (nSPS) is 10.4. The van der Waals surface area contributed by atoms with Gasteiger partial charge >= 0.3 is 0 Å². The Morgan fingerprint density at radius 2 is 1.94 bits per heavy atom. The van der Waals surface area contributed by atoms with Crippen molar-refractivity contribution in [2.75, 3.05) is 0 Å². The molecule has 0 aromatic heterocycles. The summed E-state index contributed by atoms with van der Waals surface area (Å²) in [6, 6.07) is 13.7. The lowest BCUT2D eigenvalue weighted by molar-refractivity contribution is 0.282. The van der Waals surface area contributed by atoms with Crippen LogP contribution in [0.5, 0.6) is 0 Å². The van der Waals surface area contributed by atoms with Crippen LogP contribution in [-0.2, 0) is 6.61 Å². The quantitative estimate of drug-likeness (QED) is 0.835. The van der Waals surface area contributed by atoms with Gasteiger partial charge in [-0.3, -0.25) is 0 Å². The summed E-state index contributed by atoms with van der Waals surface area (Å²) in [4.78, 5) is 0. The summed E-state index contributed by atoms with van der Waals surface area (Å²) in [6.07, 6.45) is 0. The number of hydrogen-bond donors (Lipinski definition) is 1. The van der Waals surface area contributed by atoms with Gasteiger partial charge in [-0.2, -0.15) is 0 Å². The lowest BCUT2D eigenvalue weighted by Gasteiger charge is -2.08. The molecule has 0 aliphatic heterocycles. The Kier molecular flexibility index (Phi) is 3.28. The molecule has 0 atom stereocenters. The van der Waals surface area contributed by atoms with E-state index in [4.69, 9.17) is 16.7 Å². The fourth-order valence-corrected chi connectivity index (χ4v) is 1.92. The van der Waals surface area contributed by atoms with Gasteiger partial charge in [0.15, 0.2) is 0 Å². The van der Waals surface area contributed by atoms with E-state index in [-0.39, 0.29) is 6.61 Å². The second-order valence-electron chi connectivity index (χ2n) is 3.82. The maximum absolute atomic E-state index is 9.13. The van der Waals surface area contributed by atoms with Gasteiger partial charge in [-0.25, -0.2) is 0 Å². The number of halogens is 1. The summed E-state index contributed by atoms with van der Waals surface area (Å²) in [5.41, 5.74) is 4.30. The Morgan fingerprint density at radius 1 is 1.12 bits per heavy atom. The molecule has 0 saturated carbocycles. The number of benzene rings is 2. The molecule has 0 saturated heterocycles. The molecule has 16 heavy (non-hydrogen) atoms. The summed E-state index contributed by atoms with van der Waals surface area (Å²) >= 11 is 5.97. The van der Waals surface area contributed by atoms with Crippen molar-refractivity contribution in [3.63, 3.8) is 0 Å². The van der Waals surface area contributed by atoms with Crippen LogP contribution >= 0.6 is 11.6 Å². The van der Waals surface area contributed by atoms with Crippen molar-refractivity contribution in [3.8, 4) is 11.1 Å². The summed E-state index contributed by atoms with van der Waals surface area (Å²) in [5.74, 6) is 0. The maximum atomic E-state index is 9.13.